The van der Waals surface area contributed by atoms with Crippen LogP contribution in [-0.4, -0.2) is 21.7 Å². The van der Waals surface area contributed by atoms with Gasteiger partial charge in [-0.3, -0.25) is 10.1 Å². The van der Waals surface area contributed by atoms with E-state index in [9.17, 15) is 10.1 Å². The van der Waals surface area contributed by atoms with Gasteiger partial charge in [-0.25, -0.2) is 0 Å². The Hall–Kier alpha value is -1.99. The molecule has 1 heterocycles. The van der Waals surface area contributed by atoms with Gasteiger partial charge in [-0.15, -0.1) is 10.2 Å². The van der Waals surface area contributed by atoms with Crippen molar-refractivity contribution in [3.63, 3.8) is 0 Å². The zero-order chi connectivity index (χ0) is 14.5. The third-order valence-electron chi connectivity index (χ3n) is 2.51. The number of non-ortho nitro benzene ring substituents is 1. The maximum Gasteiger partial charge on any atom is 0.271 e. The fourth-order valence-corrected chi connectivity index (χ4v) is 1.85. The number of hydrogen-bond donors (Lipinski definition) is 1. The third-order valence-corrected chi connectivity index (χ3v) is 2.73. The highest BCUT2D eigenvalue weighted by Crippen LogP contribution is 2.27. The van der Waals surface area contributed by atoms with Crippen LogP contribution in [0.4, 0.5) is 5.69 Å². The lowest BCUT2D eigenvalue weighted by atomic mass is 10.2. The van der Waals surface area contributed by atoms with Crippen molar-refractivity contribution in [1.82, 2.24) is 15.5 Å². The summed E-state index contributed by atoms with van der Waals surface area (Å²) in [5, 5.41) is 21.9. The number of nitrogens with one attached hydrogen (secondary N) is 1. The fourth-order valence-electron chi connectivity index (χ4n) is 1.62. The molecular weight excluding hydrogens is 284 g/mol. The molecule has 2 aromatic rings. The van der Waals surface area contributed by atoms with Crippen molar-refractivity contribution in [3.8, 4) is 11.5 Å². The van der Waals surface area contributed by atoms with Gasteiger partial charge in [0.15, 0.2) is 0 Å². The Labute approximate surface area is 120 Å². The molecule has 1 aromatic carbocycles. The van der Waals surface area contributed by atoms with Crippen molar-refractivity contribution in [2.75, 3.05) is 6.54 Å². The minimum atomic E-state index is -0.518. The molecule has 0 aliphatic carbocycles. The van der Waals surface area contributed by atoms with Crippen molar-refractivity contribution in [3.05, 3.63) is 39.2 Å². The number of nitro groups is 1. The number of benzene rings is 1. The second kappa shape index (κ2) is 6.44. The molecule has 0 radical (unpaired) electrons. The molecule has 0 saturated heterocycles. The van der Waals surface area contributed by atoms with Gasteiger partial charge in [0, 0.05) is 22.7 Å². The molecule has 7 nitrogen and oxygen atoms in total. The van der Waals surface area contributed by atoms with Gasteiger partial charge in [0.1, 0.15) is 0 Å². The Morgan fingerprint density at radius 1 is 1.40 bits per heavy atom. The van der Waals surface area contributed by atoms with E-state index in [1.807, 2.05) is 0 Å². The Morgan fingerprint density at radius 2 is 2.20 bits per heavy atom. The van der Waals surface area contributed by atoms with E-state index in [-0.39, 0.29) is 16.6 Å². The second-order valence-corrected chi connectivity index (χ2v) is 4.57. The number of rotatable bonds is 6. The normalized spacial score (nSPS) is 10.7. The van der Waals surface area contributed by atoms with Crippen LogP contribution >= 0.6 is 11.6 Å². The molecule has 0 aliphatic rings. The van der Waals surface area contributed by atoms with Gasteiger partial charge >= 0.3 is 0 Å². The van der Waals surface area contributed by atoms with Crippen LogP contribution in [0, 0.1) is 10.1 Å². The maximum atomic E-state index is 10.8. The number of nitrogens with zero attached hydrogens (tertiary/aromatic N) is 3. The Bertz CT molecular complexity index is 614. The average molecular weight is 297 g/mol. The molecule has 0 fully saturated rings. The zero-order valence-electron chi connectivity index (χ0n) is 10.8. The minimum absolute atomic E-state index is 0.114. The summed E-state index contributed by atoms with van der Waals surface area (Å²) >= 11 is 5.85. The van der Waals surface area contributed by atoms with E-state index in [0.717, 1.165) is 13.0 Å². The molecule has 1 N–H and O–H groups in total. The van der Waals surface area contributed by atoms with Gasteiger partial charge in [0.05, 0.1) is 11.5 Å². The Kier molecular flexibility index (Phi) is 4.65. The third kappa shape index (κ3) is 3.52. The predicted octanol–water partition coefficient (Wildman–Crippen LogP) is 2.80. The lowest BCUT2D eigenvalue weighted by Crippen LogP contribution is -2.13. The van der Waals surface area contributed by atoms with E-state index >= 15 is 0 Å². The molecule has 0 atom stereocenters. The summed E-state index contributed by atoms with van der Waals surface area (Å²) in [7, 11) is 0. The topological polar surface area (TPSA) is 94.1 Å². The van der Waals surface area contributed by atoms with Crippen molar-refractivity contribution < 1.29 is 9.34 Å². The van der Waals surface area contributed by atoms with Gasteiger partial charge in [-0.1, -0.05) is 18.5 Å². The molecule has 0 unspecified atom stereocenters. The van der Waals surface area contributed by atoms with E-state index < -0.39 is 4.92 Å². The van der Waals surface area contributed by atoms with Crippen LogP contribution in [0.2, 0.25) is 5.02 Å². The van der Waals surface area contributed by atoms with E-state index in [1.54, 1.807) is 6.07 Å². The van der Waals surface area contributed by atoms with Crippen molar-refractivity contribution in [2.45, 2.75) is 19.9 Å². The first-order chi connectivity index (χ1) is 9.60. The van der Waals surface area contributed by atoms with Crippen LogP contribution in [0.15, 0.2) is 22.6 Å². The minimum Gasteiger partial charge on any atom is -0.419 e. The first-order valence-electron chi connectivity index (χ1n) is 6.08. The quantitative estimate of drug-likeness (QED) is 0.500. The molecule has 106 valence electrons. The molecule has 1 aromatic heterocycles. The summed E-state index contributed by atoms with van der Waals surface area (Å²) in [6.45, 7) is 3.36. The van der Waals surface area contributed by atoms with Crippen molar-refractivity contribution in [2.24, 2.45) is 0 Å². The highest BCUT2D eigenvalue weighted by Gasteiger charge is 2.14. The summed E-state index contributed by atoms with van der Waals surface area (Å²) in [4.78, 5) is 10.3. The first kappa shape index (κ1) is 14.4. The lowest BCUT2D eigenvalue weighted by molar-refractivity contribution is -0.384. The van der Waals surface area contributed by atoms with E-state index in [1.165, 1.54) is 12.1 Å². The molecule has 0 bridgehead atoms. The number of nitro benzene ring substituents is 1. The van der Waals surface area contributed by atoms with E-state index in [0.29, 0.717) is 18.0 Å². The smallest absolute Gasteiger partial charge is 0.271 e. The number of aromatic nitrogens is 2. The summed E-state index contributed by atoms with van der Waals surface area (Å²) in [6.07, 6.45) is 1.00. The molecule has 20 heavy (non-hydrogen) atoms. The first-order valence-corrected chi connectivity index (χ1v) is 6.46. The molecule has 0 saturated carbocycles. The Balaban J connectivity index is 2.21. The van der Waals surface area contributed by atoms with Crippen LogP contribution in [0.3, 0.4) is 0 Å². The van der Waals surface area contributed by atoms with Crippen LogP contribution in [0.5, 0.6) is 0 Å². The molecular formula is C12H13ClN4O3. The van der Waals surface area contributed by atoms with Gasteiger partial charge < -0.3 is 9.73 Å². The highest BCUT2D eigenvalue weighted by molar-refractivity contribution is 6.31. The standard InChI is InChI=1S/C12H13ClN4O3/c1-2-3-14-7-11-15-16-12(20-11)8-4-9(13)6-10(5-8)17(18)19/h4-6,14H,2-3,7H2,1H3. The SMILES string of the molecule is CCCNCc1nnc(-c2cc(Cl)cc([N+](=O)[O-])c2)o1. The fraction of sp³-hybridized carbons (Fsp3) is 0.333. The van der Waals surface area contributed by atoms with E-state index in [2.05, 4.69) is 22.4 Å². The van der Waals surface area contributed by atoms with Crippen LogP contribution < -0.4 is 5.32 Å². The number of hydrogen-bond acceptors (Lipinski definition) is 6. The highest BCUT2D eigenvalue weighted by atomic mass is 35.5. The van der Waals surface area contributed by atoms with Crippen LogP contribution in [0.1, 0.15) is 19.2 Å². The van der Waals surface area contributed by atoms with Crippen LogP contribution in [0.25, 0.3) is 11.5 Å². The van der Waals surface area contributed by atoms with Gasteiger partial charge in [-0.05, 0) is 19.0 Å². The second-order valence-electron chi connectivity index (χ2n) is 4.13. The average Bonchev–Trinajstić information content (AvgIpc) is 2.87. The van der Waals surface area contributed by atoms with E-state index in [4.69, 9.17) is 16.0 Å². The zero-order valence-corrected chi connectivity index (χ0v) is 11.6. The summed E-state index contributed by atoms with van der Waals surface area (Å²) in [6, 6.07) is 4.17. The molecule has 0 spiro atoms. The summed E-state index contributed by atoms with van der Waals surface area (Å²) in [5.74, 6) is 0.639. The van der Waals surface area contributed by atoms with Gasteiger partial charge in [0.25, 0.3) is 5.69 Å². The lowest BCUT2D eigenvalue weighted by Gasteiger charge is -1.98. The van der Waals surface area contributed by atoms with Crippen molar-refractivity contribution in [1.29, 1.82) is 0 Å². The summed E-state index contributed by atoms with van der Waals surface area (Å²) < 4.78 is 5.44. The molecule has 8 heteroatoms. The van der Waals surface area contributed by atoms with Crippen LogP contribution in [-0.2, 0) is 6.54 Å². The molecule has 2 rings (SSSR count). The van der Waals surface area contributed by atoms with Gasteiger partial charge in [0.2, 0.25) is 11.8 Å². The number of halogens is 1. The predicted molar refractivity (Wildman–Crippen MR) is 73.4 cm³/mol. The van der Waals surface area contributed by atoms with Crippen molar-refractivity contribution >= 4 is 17.3 Å². The summed E-state index contributed by atoms with van der Waals surface area (Å²) in [5.41, 5.74) is 0.315. The monoisotopic (exact) mass is 296 g/mol. The van der Waals surface area contributed by atoms with Gasteiger partial charge in [-0.2, -0.15) is 0 Å². The maximum absolute atomic E-state index is 10.8. The Morgan fingerprint density at radius 3 is 2.90 bits per heavy atom. The molecule has 0 aliphatic heterocycles. The molecule has 0 amide bonds. The largest absolute Gasteiger partial charge is 0.419 e.